The molecule has 1 heterocycles. The topological polar surface area (TPSA) is 53.2 Å². The van der Waals surface area contributed by atoms with Crippen LogP contribution in [-0.4, -0.2) is 10.9 Å². The van der Waals surface area contributed by atoms with Crippen LogP contribution >= 0.6 is 23.4 Å². The van der Waals surface area contributed by atoms with Crippen LogP contribution in [0, 0.1) is 17.1 Å². The number of fused-ring (bicyclic) bond motifs is 1. The van der Waals surface area contributed by atoms with Gasteiger partial charge in [0.25, 0.3) is 0 Å². The lowest BCUT2D eigenvalue weighted by Crippen LogP contribution is -2.00. The Kier molecular flexibility index (Phi) is 3.77. The van der Waals surface area contributed by atoms with E-state index in [2.05, 4.69) is 6.07 Å². The summed E-state index contributed by atoms with van der Waals surface area (Å²) < 4.78 is 18.9. The average molecular weight is 322 g/mol. The number of nitrogens with zero attached hydrogens (tertiary/aromatic N) is 1. The van der Waals surface area contributed by atoms with Crippen molar-refractivity contribution < 1.29 is 14.2 Å². The third-order valence-corrected chi connectivity index (χ3v) is 4.44. The van der Waals surface area contributed by atoms with Gasteiger partial charge in [0.2, 0.25) is 0 Å². The number of thioether (sulfide) groups is 1. The van der Waals surface area contributed by atoms with Crippen molar-refractivity contribution >= 4 is 23.4 Å². The van der Waals surface area contributed by atoms with Gasteiger partial charge in [0.15, 0.2) is 0 Å². The molecule has 106 valence electrons. The lowest BCUT2D eigenvalue weighted by molar-refractivity contribution is 0.204. The van der Waals surface area contributed by atoms with Gasteiger partial charge in [0, 0.05) is 27.3 Å². The maximum Gasteiger partial charge on any atom is 0.145 e. The maximum absolute atomic E-state index is 13.3. The summed E-state index contributed by atoms with van der Waals surface area (Å²) >= 11 is 7.27. The number of rotatable bonds is 2. The van der Waals surface area contributed by atoms with Gasteiger partial charge in [0.05, 0.1) is 6.10 Å². The van der Waals surface area contributed by atoms with Gasteiger partial charge < -0.3 is 9.84 Å². The quantitative estimate of drug-likeness (QED) is 0.897. The molecule has 21 heavy (non-hydrogen) atoms. The van der Waals surface area contributed by atoms with Gasteiger partial charge >= 0.3 is 0 Å². The summed E-state index contributed by atoms with van der Waals surface area (Å²) in [6.07, 6.45) is -0.695. The van der Waals surface area contributed by atoms with E-state index in [9.17, 15) is 14.8 Å². The third-order valence-electron chi connectivity index (χ3n) is 3.07. The molecule has 6 heteroatoms. The molecular formula is C15H9ClFNO2S. The number of hydrogen-bond donors (Lipinski definition) is 1. The van der Waals surface area contributed by atoms with E-state index in [-0.39, 0.29) is 22.1 Å². The molecule has 0 radical (unpaired) electrons. The van der Waals surface area contributed by atoms with E-state index in [1.165, 1.54) is 30.0 Å². The van der Waals surface area contributed by atoms with Crippen LogP contribution in [-0.2, 0) is 0 Å². The summed E-state index contributed by atoms with van der Waals surface area (Å²) in [5.74, 6) is 0.475. The summed E-state index contributed by atoms with van der Waals surface area (Å²) in [5, 5.41) is 19.5. The Morgan fingerprint density at radius 1 is 1.38 bits per heavy atom. The molecule has 0 aromatic heterocycles. The maximum atomic E-state index is 13.3. The molecule has 0 saturated carbocycles. The number of benzene rings is 2. The standard InChI is InChI=1S/C15H9ClFNO2S/c16-8-3-9(17)5-10(4-8)20-13-1-2-14-15(11(13)6-18)12(19)7-21-14/h1-5,12,19H,7H2. The smallest absolute Gasteiger partial charge is 0.145 e. The van der Waals surface area contributed by atoms with E-state index in [1.54, 1.807) is 12.1 Å². The lowest BCUT2D eigenvalue weighted by Gasteiger charge is -2.12. The summed E-state index contributed by atoms with van der Waals surface area (Å²) in [6, 6.07) is 9.29. The molecule has 0 aliphatic carbocycles. The normalized spacial score (nSPS) is 16.4. The first-order valence-electron chi connectivity index (χ1n) is 6.10. The van der Waals surface area contributed by atoms with E-state index < -0.39 is 11.9 Å². The third kappa shape index (κ3) is 2.70. The monoisotopic (exact) mass is 321 g/mol. The van der Waals surface area contributed by atoms with E-state index in [0.29, 0.717) is 11.3 Å². The van der Waals surface area contributed by atoms with Crippen molar-refractivity contribution in [3.8, 4) is 17.6 Å². The van der Waals surface area contributed by atoms with E-state index in [1.807, 2.05) is 0 Å². The van der Waals surface area contributed by atoms with Crippen molar-refractivity contribution in [1.29, 1.82) is 5.26 Å². The molecule has 3 rings (SSSR count). The van der Waals surface area contributed by atoms with Crippen LogP contribution < -0.4 is 4.74 Å². The molecule has 1 aliphatic rings. The molecular weight excluding hydrogens is 313 g/mol. The highest BCUT2D eigenvalue weighted by atomic mass is 35.5. The van der Waals surface area contributed by atoms with Crippen LogP contribution in [0.1, 0.15) is 17.2 Å². The van der Waals surface area contributed by atoms with Crippen LogP contribution in [0.4, 0.5) is 4.39 Å². The van der Waals surface area contributed by atoms with Crippen LogP contribution in [0.2, 0.25) is 5.02 Å². The van der Waals surface area contributed by atoms with E-state index in [4.69, 9.17) is 16.3 Å². The Balaban J connectivity index is 2.04. The number of aliphatic hydroxyl groups excluding tert-OH is 1. The molecule has 0 spiro atoms. The second-order valence-corrected chi connectivity index (χ2v) is 5.99. The minimum Gasteiger partial charge on any atom is -0.456 e. The zero-order valence-corrected chi connectivity index (χ0v) is 12.2. The Morgan fingerprint density at radius 2 is 2.19 bits per heavy atom. The minimum absolute atomic E-state index is 0.205. The molecule has 1 unspecified atom stereocenters. The molecule has 3 nitrogen and oxygen atoms in total. The molecule has 0 bridgehead atoms. The molecule has 2 aromatic rings. The fourth-order valence-corrected chi connectivity index (χ4v) is 3.48. The second-order valence-electron chi connectivity index (χ2n) is 4.50. The van der Waals surface area contributed by atoms with Gasteiger partial charge in [-0.1, -0.05) is 11.6 Å². The number of halogens is 2. The molecule has 1 atom stereocenters. The van der Waals surface area contributed by atoms with Gasteiger partial charge in [-0.2, -0.15) is 5.26 Å². The first-order chi connectivity index (χ1) is 10.1. The van der Waals surface area contributed by atoms with Crippen molar-refractivity contribution in [2.24, 2.45) is 0 Å². The molecule has 2 aromatic carbocycles. The Labute approximate surface area is 129 Å². The van der Waals surface area contributed by atoms with Crippen LogP contribution in [0.15, 0.2) is 35.2 Å². The number of aliphatic hydroxyl groups is 1. The second kappa shape index (κ2) is 5.57. The fourth-order valence-electron chi connectivity index (χ4n) is 2.20. The minimum atomic E-state index is -0.695. The predicted molar refractivity (Wildman–Crippen MR) is 78.3 cm³/mol. The molecule has 1 N–H and O–H groups in total. The highest BCUT2D eigenvalue weighted by Crippen LogP contribution is 2.43. The summed E-state index contributed by atoms with van der Waals surface area (Å²) in [7, 11) is 0. The van der Waals surface area contributed by atoms with Gasteiger partial charge in [-0.05, 0) is 24.3 Å². The predicted octanol–water partition coefficient (Wildman–Crippen LogP) is 4.28. The first-order valence-corrected chi connectivity index (χ1v) is 7.46. The van der Waals surface area contributed by atoms with Gasteiger partial charge in [-0.3, -0.25) is 0 Å². The number of nitriles is 1. The van der Waals surface area contributed by atoms with Crippen molar-refractivity contribution in [3.63, 3.8) is 0 Å². The summed E-state index contributed by atoms with van der Waals surface area (Å²) in [6.45, 7) is 0. The van der Waals surface area contributed by atoms with Gasteiger partial charge in [0.1, 0.15) is 28.9 Å². The average Bonchev–Trinajstić information content (AvgIpc) is 2.79. The molecule has 0 saturated heterocycles. The number of hydrogen-bond acceptors (Lipinski definition) is 4. The van der Waals surface area contributed by atoms with Crippen molar-refractivity contribution in [3.05, 3.63) is 52.3 Å². The Morgan fingerprint density at radius 3 is 2.90 bits per heavy atom. The first kappa shape index (κ1) is 14.2. The summed E-state index contributed by atoms with van der Waals surface area (Å²) in [5.41, 5.74) is 0.841. The van der Waals surface area contributed by atoms with E-state index in [0.717, 1.165) is 4.90 Å². The lowest BCUT2D eigenvalue weighted by atomic mass is 10.0. The number of ether oxygens (including phenoxy) is 1. The molecule has 0 fully saturated rings. The summed E-state index contributed by atoms with van der Waals surface area (Å²) in [4.78, 5) is 0.865. The van der Waals surface area contributed by atoms with Crippen LogP contribution in [0.25, 0.3) is 0 Å². The molecule has 0 amide bonds. The van der Waals surface area contributed by atoms with Crippen LogP contribution in [0.3, 0.4) is 0 Å². The molecule has 1 aliphatic heterocycles. The fraction of sp³-hybridized carbons (Fsp3) is 0.133. The Bertz CT molecular complexity index is 740. The van der Waals surface area contributed by atoms with Gasteiger partial charge in [-0.25, -0.2) is 4.39 Å². The highest BCUT2D eigenvalue weighted by Gasteiger charge is 2.27. The van der Waals surface area contributed by atoms with Crippen molar-refractivity contribution in [1.82, 2.24) is 0 Å². The van der Waals surface area contributed by atoms with Crippen LogP contribution in [0.5, 0.6) is 11.5 Å². The van der Waals surface area contributed by atoms with E-state index >= 15 is 0 Å². The largest absolute Gasteiger partial charge is 0.456 e. The van der Waals surface area contributed by atoms with Crippen molar-refractivity contribution in [2.45, 2.75) is 11.0 Å². The highest BCUT2D eigenvalue weighted by molar-refractivity contribution is 7.99. The van der Waals surface area contributed by atoms with Gasteiger partial charge in [-0.15, -0.1) is 11.8 Å². The Hall–Kier alpha value is -1.74. The SMILES string of the molecule is N#Cc1c(Oc2cc(F)cc(Cl)c2)ccc2c1C(O)CS2. The zero-order valence-electron chi connectivity index (χ0n) is 10.6. The zero-order chi connectivity index (χ0) is 15.0. The van der Waals surface area contributed by atoms with Crippen molar-refractivity contribution in [2.75, 3.05) is 5.75 Å².